The second kappa shape index (κ2) is 7.44. The van der Waals surface area contributed by atoms with E-state index in [4.69, 9.17) is 10.00 Å². The Morgan fingerprint density at radius 1 is 1.38 bits per heavy atom. The van der Waals surface area contributed by atoms with Crippen LogP contribution in [0.4, 0.5) is 0 Å². The minimum atomic E-state index is -0.538. The summed E-state index contributed by atoms with van der Waals surface area (Å²) in [5, 5.41) is 19.2. The number of aliphatic hydroxyl groups is 1. The molecule has 0 aromatic heterocycles. The lowest BCUT2D eigenvalue weighted by Crippen LogP contribution is -2.46. The molecule has 0 bridgehead atoms. The fourth-order valence-electron chi connectivity index (χ4n) is 2.83. The van der Waals surface area contributed by atoms with Crippen molar-refractivity contribution in [3.63, 3.8) is 0 Å². The van der Waals surface area contributed by atoms with Crippen molar-refractivity contribution >= 4 is 0 Å². The zero-order valence-corrected chi connectivity index (χ0v) is 12.8. The van der Waals surface area contributed by atoms with Gasteiger partial charge < -0.3 is 9.84 Å². The SMILES string of the molecule is CC1CCC(C)N(CC(O)COc2ccccc2C#N)C1. The zero-order chi connectivity index (χ0) is 15.2. The first-order chi connectivity index (χ1) is 10.1. The highest BCUT2D eigenvalue weighted by molar-refractivity contribution is 5.42. The van der Waals surface area contributed by atoms with Crippen LogP contribution in [0.2, 0.25) is 0 Å². The second-order valence-corrected chi connectivity index (χ2v) is 6.06. The number of nitriles is 1. The average molecular weight is 288 g/mol. The number of nitrogens with zero attached hydrogens (tertiary/aromatic N) is 2. The van der Waals surface area contributed by atoms with Crippen LogP contribution in [-0.4, -0.2) is 41.8 Å². The van der Waals surface area contributed by atoms with Gasteiger partial charge in [0.15, 0.2) is 0 Å². The average Bonchev–Trinajstić information content (AvgIpc) is 2.49. The fraction of sp³-hybridized carbons (Fsp3) is 0.588. The molecule has 1 fully saturated rings. The molecule has 4 nitrogen and oxygen atoms in total. The third kappa shape index (κ3) is 4.45. The normalized spacial score (nSPS) is 24.3. The van der Waals surface area contributed by atoms with Crippen molar-refractivity contribution in [2.75, 3.05) is 19.7 Å². The molecule has 0 radical (unpaired) electrons. The van der Waals surface area contributed by atoms with Crippen LogP contribution in [0.3, 0.4) is 0 Å². The lowest BCUT2D eigenvalue weighted by Gasteiger charge is -2.37. The summed E-state index contributed by atoms with van der Waals surface area (Å²) in [6.45, 7) is 6.35. The van der Waals surface area contributed by atoms with E-state index in [1.807, 2.05) is 6.07 Å². The Morgan fingerprint density at radius 3 is 2.90 bits per heavy atom. The van der Waals surface area contributed by atoms with E-state index in [2.05, 4.69) is 24.8 Å². The number of rotatable bonds is 5. The first-order valence-electron chi connectivity index (χ1n) is 7.64. The predicted octanol–water partition coefficient (Wildman–Crippen LogP) is 2.42. The van der Waals surface area contributed by atoms with Crippen molar-refractivity contribution in [2.45, 2.75) is 38.8 Å². The third-order valence-corrected chi connectivity index (χ3v) is 4.13. The van der Waals surface area contributed by atoms with Crippen molar-refractivity contribution in [1.29, 1.82) is 5.26 Å². The maximum atomic E-state index is 10.2. The number of β-amino-alcohol motifs (C(OH)–C–C–N with tert-alkyl or cyclic N) is 1. The summed E-state index contributed by atoms with van der Waals surface area (Å²) >= 11 is 0. The molecule has 0 amide bonds. The number of piperidine rings is 1. The molecule has 1 N–H and O–H groups in total. The first kappa shape index (κ1) is 15.8. The third-order valence-electron chi connectivity index (χ3n) is 4.13. The highest BCUT2D eigenvalue weighted by atomic mass is 16.5. The Balaban J connectivity index is 1.84. The fourth-order valence-corrected chi connectivity index (χ4v) is 2.83. The van der Waals surface area contributed by atoms with Crippen LogP contribution in [0.5, 0.6) is 5.75 Å². The second-order valence-electron chi connectivity index (χ2n) is 6.06. The minimum absolute atomic E-state index is 0.219. The summed E-state index contributed by atoms with van der Waals surface area (Å²) in [6, 6.07) is 9.73. The molecule has 1 aliphatic heterocycles. The number of aliphatic hydroxyl groups excluding tert-OH is 1. The summed E-state index contributed by atoms with van der Waals surface area (Å²) in [5.74, 6) is 1.23. The highest BCUT2D eigenvalue weighted by Gasteiger charge is 2.24. The number of benzene rings is 1. The lowest BCUT2D eigenvalue weighted by molar-refractivity contribution is 0.0329. The summed E-state index contributed by atoms with van der Waals surface area (Å²) in [7, 11) is 0. The number of para-hydroxylation sites is 1. The quantitative estimate of drug-likeness (QED) is 0.904. The summed E-state index contributed by atoms with van der Waals surface area (Å²) in [5.41, 5.74) is 0.504. The van der Waals surface area contributed by atoms with Gasteiger partial charge in [-0.3, -0.25) is 4.90 Å². The Bertz CT molecular complexity index is 498. The van der Waals surface area contributed by atoms with E-state index in [0.717, 1.165) is 6.54 Å². The standard InChI is InChI=1S/C17H24N2O2/c1-13-7-8-14(2)19(10-13)11-16(20)12-21-17-6-4-3-5-15(17)9-18/h3-6,13-14,16,20H,7-8,10-12H2,1-2H3. The van der Waals surface area contributed by atoms with Gasteiger partial charge in [0.05, 0.1) is 5.56 Å². The van der Waals surface area contributed by atoms with Crippen molar-refractivity contribution in [1.82, 2.24) is 4.90 Å². The van der Waals surface area contributed by atoms with Gasteiger partial charge in [-0.1, -0.05) is 19.1 Å². The molecule has 1 heterocycles. The van der Waals surface area contributed by atoms with E-state index >= 15 is 0 Å². The largest absolute Gasteiger partial charge is 0.489 e. The summed E-state index contributed by atoms with van der Waals surface area (Å²) in [4.78, 5) is 2.33. The molecule has 0 aliphatic carbocycles. The van der Waals surface area contributed by atoms with E-state index in [0.29, 0.717) is 29.8 Å². The topological polar surface area (TPSA) is 56.5 Å². The molecule has 21 heavy (non-hydrogen) atoms. The molecule has 3 atom stereocenters. The molecule has 1 saturated heterocycles. The summed E-state index contributed by atoms with van der Waals surface area (Å²) in [6.07, 6.45) is 1.91. The molecule has 0 saturated carbocycles. The Hall–Kier alpha value is -1.57. The van der Waals surface area contributed by atoms with Crippen molar-refractivity contribution in [3.05, 3.63) is 29.8 Å². The molecule has 1 aliphatic rings. The van der Waals surface area contributed by atoms with Gasteiger partial charge in [0.25, 0.3) is 0 Å². The van der Waals surface area contributed by atoms with Gasteiger partial charge in [0, 0.05) is 19.1 Å². The van der Waals surface area contributed by atoms with Gasteiger partial charge >= 0.3 is 0 Å². The van der Waals surface area contributed by atoms with Crippen LogP contribution in [0.15, 0.2) is 24.3 Å². The molecular weight excluding hydrogens is 264 g/mol. The van der Waals surface area contributed by atoms with Crippen LogP contribution in [0.25, 0.3) is 0 Å². The van der Waals surface area contributed by atoms with Gasteiger partial charge in [0.1, 0.15) is 24.5 Å². The Morgan fingerprint density at radius 2 is 2.14 bits per heavy atom. The van der Waals surface area contributed by atoms with Gasteiger partial charge in [-0.15, -0.1) is 0 Å². The molecule has 114 valence electrons. The monoisotopic (exact) mass is 288 g/mol. The van der Waals surface area contributed by atoms with Gasteiger partial charge in [-0.25, -0.2) is 0 Å². The summed E-state index contributed by atoms with van der Waals surface area (Å²) < 4.78 is 5.59. The number of likely N-dealkylation sites (tertiary alicyclic amines) is 1. The predicted molar refractivity (Wildman–Crippen MR) is 82.1 cm³/mol. The Kier molecular flexibility index (Phi) is 5.60. The van der Waals surface area contributed by atoms with E-state index < -0.39 is 6.10 Å². The zero-order valence-electron chi connectivity index (χ0n) is 12.8. The van der Waals surface area contributed by atoms with E-state index in [-0.39, 0.29) is 6.61 Å². The van der Waals surface area contributed by atoms with E-state index in [1.165, 1.54) is 12.8 Å². The van der Waals surface area contributed by atoms with Gasteiger partial charge in [-0.2, -0.15) is 5.26 Å². The number of hydrogen-bond donors (Lipinski definition) is 1. The molecular formula is C17H24N2O2. The minimum Gasteiger partial charge on any atom is -0.489 e. The molecule has 3 unspecified atom stereocenters. The van der Waals surface area contributed by atoms with Crippen LogP contribution in [-0.2, 0) is 0 Å². The van der Waals surface area contributed by atoms with Crippen molar-refractivity contribution < 1.29 is 9.84 Å². The van der Waals surface area contributed by atoms with Crippen molar-refractivity contribution in [3.8, 4) is 11.8 Å². The van der Waals surface area contributed by atoms with Crippen LogP contribution in [0.1, 0.15) is 32.3 Å². The van der Waals surface area contributed by atoms with Crippen LogP contribution >= 0.6 is 0 Å². The first-order valence-corrected chi connectivity index (χ1v) is 7.64. The smallest absolute Gasteiger partial charge is 0.137 e. The van der Waals surface area contributed by atoms with Crippen LogP contribution < -0.4 is 4.74 Å². The molecule has 4 heteroatoms. The van der Waals surface area contributed by atoms with Crippen LogP contribution in [0, 0.1) is 17.2 Å². The number of hydrogen-bond acceptors (Lipinski definition) is 4. The molecule has 2 rings (SSSR count). The molecule has 0 spiro atoms. The number of ether oxygens (including phenoxy) is 1. The molecule has 1 aromatic rings. The van der Waals surface area contributed by atoms with E-state index in [9.17, 15) is 5.11 Å². The van der Waals surface area contributed by atoms with Gasteiger partial charge in [-0.05, 0) is 37.8 Å². The molecule has 1 aromatic carbocycles. The Labute approximate surface area is 127 Å². The van der Waals surface area contributed by atoms with E-state index in [1.54, 1.807) is 18.2 Å². The van der Waals surface area contributed by atoms with Gasteiger partial charge in [0.2, 0.25) is 0 Å². The lowest BCUT2D eigenvalue weighted by atomic mass is 9.95. The maximum absolute atomic E-state index is 10.2. The van der Waals surface area contributed by atoms with Crippen molar-refractivity contribution in [2.24, 2.45) is 5.92 Å². The highest BCUT2D eigenvalue weighted by Crippen LogP contribution is 2.22. The maximum Gasteiger partial charge on any atom is 0.137 e.